The topological polar surface area (TPSA) is 20.2 Å². The summed E-state index contributed by atoms with van der Waals surface area (Å²) in [5, 5.41) is 9.21. The van der Waals surface area contributed by atoms with Gasteiger partial charge in [-0.25, -0.2) is 0 Å². The van der Waals surface area contributed by atoms with E-state index in [0.717, 1.165) is 11.1 Å². The minimum atomic E-state index is -0.706. The van der Waals surface area contributed by atoms with Crippen molar-refractivity contribution in [2.75, 3.05) is 0 Å². The fourth-order valence-corrected chi connectivity index (χ4v) is 0.806. The second-order valence-electron chi connectivity index (χ2n) is 2.30. The SMILES string of the molecule is Cc1cccc(C)c1O.[Cl][Nb][Cl]. The third-order valence-electron chi connectivity index (χ3n) is 1.44. The fourth-order valence-electron chi connectivity index (χ4n) is 0.806. The molecule has 1 aromatic carbocycles. The van der Waals surface area contributed by atoms with Crippen molar-refractivity contribution >= 4 is 18.4 Å². The first-order chi connectivity index (χ1) is 5.63. The number of para-hydroxylation sites is 1. The summed E-state index contributed by atoms with van der Waals surface area (Å²) in [4.78, 5) is 0. The van der Waals surface area contributed by atoms with Crippen molar-refractivity contribution in [2.24, 2.45) is 0 Å². The molecule has 1 rings (SSSR count). The van der Waals surface area contributed by atoms with Gasteiger partial charge in [-0.15, -0.1) is 0 Å². The zero-order valence-corrected chi connectivity index (χ0v) is 10.6. The van der Waals surface area contributed by atoms with Gasteiger partial charge in [0.25, 0.3) is 0 Å². The minimum absolute atomic E-state index is 0.414. The van der Waals surface area contributed by atoms with Gasteiger partial charge in [-0.3, -0.25) is 0 Å². The van der Waals surface area contributed by atoms with E-state index in [0.29, 0.717) is 5.75 Å². The van der Waals surface area contributed by atoms with E-state index in [4.69, 9.17) is 18.4 Å². The second kappa shape index (κ2) is 6.81. The molecule has 0 aliphatic carbocycles. The van der Waals surface area contributed by atoms with Crippen LogP contribution >= 0.6 is 18.4 Å². The van der Waals surface area contributed by atoms with Gasteiger partial charge in [0.05, 0.1) is 0 Å². The summed E-state index contributed by atoms with van der Waals surface area (Å²) in [6, 6.07) is 5.72. The van der Waals surface area contributed by atoms with Gasteiger partial charge in [0.1, 0.15) is 5.75 Å². The third kappa shape index (κ3) is 4.39. The van der Waals surface area contributed by atoms with Crippen LogP contribution in [0.1, 0.15) is 11.1 Å². The van der Waals surface area contributed by atoms with Crippen LogP contribution in [0.15, 0.2) is 18.2 Å². The quantitative estimate of drug-likeness (QED) is 0.725. The van der Waals surface area contributed by atoms with Gasteiger partial charge < -0.3 is 5.11 Å². The number of rotatable bonds is 0. The van der Waals surface area contributed by atoms with E-state index in [1.807, 2.05) is 32.0 Å². The van der Waals surface area contributed by atoms with Crippen LogP contribution in [0.25, 0.3) is 0 Å². The van der Waals surface area contributed by atoms with Crippen LogP contribution in [0, 0.1) is 13.8 Å². The van der Waals surface area contributed by atoms with Gasteiger partial charge >= 0.3 is 36.0 Å². The van der Waals surface area contributed by atoms with E-state index < -0.39 is 17.6 Å². The number of halogens is 2. The van der Waals surface area contributed by atoms with Crippen molar-refractivity contribution in [3.8, 4) is 5.75 Å². The molecule has 1 nitrogen and oxygen atoms in total. The zero-order valence-electron chi connectivity index (χ0n) is 6.88. The van der Waals surface area contributed by atoms with E-state index in [1.165, 1.54) is 0 Å². The Kier molecular flexibility index (Phi) is 7.01. The Morgan fingerprint density at radius 2 is 1.50 bits per heavy atom. The van der Waals surface area contributed by atoms with Crippen LogP contribution in [0.2, 0.25) is 0 Å². The summed E-state index contributed by atoms with van der Waals surface area (Å²) in [5.74, 6) is 0.414. The van der Waals surface area contributed by atoms with Crippen molar-refractivity contribution in [1.82, 2.24) is 0 Å². The Balaban J connectivity index is 0.000000354. The van der Waals surface area contributed by atoms with Crippen LogP contribution in [0.5, 0.6) is 5.75 Å². The van der Waals surface area contributed by atoms with Crippen LogP contribution < -0.4 is 0 Å². The maximum atomic E-state index is 9.21. The monoisotopic (exact) mass is 285 g/mol. The molecule has 0 bridgehead atoms. The molecule has 12 heavy (non-hydrogen) atoms. The Bertz CT molecular complexity index is 220. The van der Waals surface area contributed by atoms with Crippen LogP contribution in [-0.2, 0) is 17.6 Å². The number of aromatic hydroxyl groups is 1. The second-order valence-corrected chi connectivity index (χ2v) is 5.64. The molecule has 0 amide bonds. The number of phenols is 1. The van der Waals surface area contributed by atoms with E-state index in [2.05, 4.69) is 0 Å². The first kappa shape index (κ1) is 12.3. The average Bonchev–Trinajstić information content (AvgIpc) is 2.02. The first-order valence-corrected chi connectivity index (χ1v) is 8.97. The van der Waals surface area contributed by atoms with Crippen molar-refractivity contribution in [3.05, 3.63) is 29.3 Å². The summed E-state index contributed by atoms with van der Waals surface area (Å²) < 4.78 is 0. The normalized spacial score (nSPS) is 8.33. The molecular formula is C8H10Cl2NbO. The van der Waals surface area contributed by atoms with Crippen LogP contribution in [0.3, 0.4) is 0 Å². The zero-order chi connectivity index (χ0) is 9.56. The molecule has 4 heteroatoms. The molecule has 0 aliphatic heterocycles. The number of hydrogen-bond donors (Lipinski definition) is 1. The summed E-state index contributed by atoms with van der Waals surface area (Å²) in [6.07, 6.45) is 0. The fraction of sp³-hybridized carbons (Fsp3) is 0.250. The molecule has 1 N–H and O–H groups in total. The third-order valence-corrected chi connectivity index (χ3v) is 1.44. The Morgan fingerprint density at radius 3 is 1.75 bits per heavy atom. The van der Waals surface area contributed by atoms with Crippen molar-refractivity contribution < 1.29 is 22.7 Å². The Hall–Kier alpha value is 0.340. The molecule has 0 aliphatic rings. The maximum absolute atomic E-state index is 9.21. The molecule has 0 radical (unpaired) electrons. The predicted octanol–water partition coefficient (Wildman–Crippen LogP) is 3.39. The first-order valence-electron chi connectivity index (χ1n) is 3.31. The Labute approximate surface area is 89.7 Å². The van der Waals surface area contributed by atoms with E-state index in [-0.39, 0.29) is 0 Å². The van der Waals surface area contributed by atoms with Crippen molar-refractivity contribution in [2.45, 2.75) is 13.8 Å². The van der Waals surface area contributed by atoms with Gasteiger partial charge in [0.15, 0.2) is 0 Å². The van der Waals surface area contributed by atoms with Gasteiger partial charge in [-0.2, -0.15) is 0 Å². The molecule has 0 saturated heterocycles. The predicted molar refractivity (Wildman–Crippen MR) is 49.3 cm³/mol. The van der Waals surface area contributed by atoms with Gasteiger partial charge in [0, 0.05) is 0 Å². The van der Waals surface area contributed by atoms with E-state index in [9.17, 15) is 5.11 Å². The summed E-state index contributed by atoms with van der Waals surface area (Å²) in [5.41, 5.74) is 1.88. The molecule has 0 aromatic heterocycles. The molecule has 1 aromatic rings. The number of benzene rings is 1. The molecule has 0 atom stereocenters. The number of phenolic OH excluding ortho intramolecular Hbond substituents is 1. The van der Waals surface area contributed by atoms with Gasteiger partial charge in [-0.05, 0) is 25.0 Å². The van der Waals surface area contributed by atoms with E-state index in [1.54, 1.807) is 0 Å². The van der Waals surface area contributed by atoms with Gasteiger partial charge in [-0.1, -0.05) is 18.2 Å². The molecule has 0 heterocycles. The molecule has 67 valence electrons. The molecule has 0 fully saturated rings. The van der Waals surface area contributed by atoms with Crippen molar-refractivity contribution in [1.29, 1.82) is 0 Å². The average molecular weight is 286 g/mol. The standard InChI is InChI=1S/C8H10O.2ClH.Nb/c1-6-4-3-5-7(2)8(6)9;;;/h3-5,9H,1-2H3;2*1H;/q;;;+2/p-2. The van der Waals surface area contributed by atoms with Crippen molar-refractivity contribution in [3.63, 3.8) is 0 Å². The number of hydrogen-bond acceptors (Lipinski definition) is 1. The molecule has 0 spiro atoms. The van der Waals surface area contributed by atoms with Gasteiger partial charge in [0.2, 0.25) is 0 Å². The molecular weight excluding hydrogens is 276 g/mol. The molecule has 0 unspecified atom stereocenters. The summed E-state index contributed by atoms with van der Waals surface area (Å²) in [7, 11) is 9.83. The molecule has 0 saturated carbocycles. The number of aryl methyl sites for hydroxylation is 2. The summed E-state index contributed by atoms with van der Waals surface area (Å²) in [6.45, 7) is 3.78. The summed E-state index contributed by atoms with van der Waals surface area (Å²) >= 11 is -0.706. The van der Waals surface area contributed by atoms with Crippen LogP contribution in [0.4, 0.5) is 0 Å². The Morgan fingerprint density at radius 1 is 1.17 bits per heavy atom. The van der Waals surface area contributed by atoms with Crippen LogP contribution in [-0.4, -0.2) is 5.11 Å². The van der Waals surface area contributed by atoms with E-state index >= 15 is 0 Å².